The second-order valence-corrected chi connectivity index (χ2v) is 10.9. The Labute approximate surface area is 203 Å². The monoisotopic (exact) mass is 501 g/mol. The molecule has 11 nitrogen and oxygen atoms in total. The number of carbonyl (C=O) groups excluding carboxylic acids is 1. The molecule has 186 valence electrons. The second-order valence-electron chi connectivity index (χ2n) is 9.19. The van der Waals surface area contributed by atoms with Crippen LogP contribution in [0.4, 0.5) is 16.4 Å². The van der Waals surface area contributed by atoms with Gasteiger partial charge in [-0.3, -0.25) is 5.32 Å². The fourth-order valence-corrected chi connectivity index (χ4v) is 6.82. The van der Waals surface area contributed by atoms with Crippen LogP contribution in [0, 0.1) is 23.5 Å². The Bertz CT molecular complexity index is 1280. The number of rotatable bonds is 5. The van der Waals surface area contributed by atoms with Crippen molar-refractivity contribution in [2.75, 3.05) is 22.8 Å². The highest BCUT2D eigenvalue weighted by molar-refractivity contribution is 7.86. The molecule has 1 atom stereocenters. The van der Waals surface area contributed by atoms with E-state index in [2.05, 4.69) is 16.5 Å². The van der Waals surface area contributed by atoms with E-state index in [0.717, 1.165) is 65.1 Å². The molecule has 1 aromatic carbocycles. The zero-order valence-corrected chi connectivity index (χ0v) is 20.2. The predicted molar refractivity (Wildman–Crippen MR) is 125 cm³/mol. The predicted octanol–water partition coefficient (Wildman–Crippen LogP) is 1.68. The van der Waals surface area contributed by atoms with Crippen LogP contribution in [-0.2, 0) is 40.6 Å². The summed E-state index contributed by atoms with van der Waals surface area (Å²) in [5.41, 5.74) is 5.00. The van der Waals surface area contributed by atoms with Gasteiger partial charge in [-0.05, 0) is 80.5 Å². The van der Waals surface area contributed by atoms with Crippen molar-refractivity contribution in [3.05, 3.63) is 44.8 Å². The summed E-state index contributed by atoms with van der Waals surface area (Å²) in [5.74, 6) is -0.226. The molecule has 35 heavy (non-hydrogen) atoms. The first-order chi connectivity index (χ1) is 16.8. The number of nitrogens with zero attached hydrogens (tertiary/aromatic N) is 3. The Kier molecular flexibility index (Phi) is 6.27. The standard InChI is InChI=1S/C23H27N5O6S/c1-14-20(13-24)26-34-22(14)27(17-8-10-33-11-9-17)35(31,32)28(30)23(29)25-21-18-6-2-4-15(18)12-16-5-3-7-19(16)21/h12,17,28H,2-11H2,1H3,(H,25,29). The van der Waals surface area contributed by atoms with Crippen LogP contribution in [0.5, 0.6) is 0 Å². The maximum atomic E-state index is 13.6. The third kappa shape index (κ3) is 4.08. The Morgan fingerprint density at radius 3 is 2.40 bits per heavy atom. The normalized spacial score (nSPS) is 18.5. The van der Waals surface area contributed by atoms with E-state index in [4.69, 9.17) is 9.26 Å². The Hall–Kier alpha value is -2.98. The average molecular weight is 502 g/mol. The first kappa shape index (κ1) is 23.7. The summed E-state index contributed by atoms with van der Waals surface area (Å²) in [7, 11) is -4.83. The molecule has 1 fully saturated rings. The summed E-state index contributed by atoms with van der Waals surface area (Å²) < 4.78 is 37.0. The van der Waals surface area contributed by atoms with Gasteiger partial charge in [0.1, 0.15) is 6.07 Å². The van der Waals surface area contributed by atoms with E-state index >= 15 is 0 Å². The zero-order valence-electron chi connectivity index (χ0n) is 19.4. The Morgan fingerprint density at radius 1 is 1.20 bits per heavy atom. The number of amides is 2. The summed E-state index contributed by atoms with van der Waals surface area (Å²) in [6.45, 7) is 2.07. The van der Waals surface area contributed by atoms with Crippen molar-refractivity contribution in [2.45, 2.75) is 64.3 Å². The largest absolute Gasteiger partial charge is 0.608 e. The van der Waals surface area contributed by atoms with Gasteiger partial charge in [-0.25, -0.2) is 4.79 Å². The maximum absolute atomic E-state index is 13.6. The van der Waals surface area contributed by atoms with E-state index < -0.39 is 26.8 Å². The second kappa shape index (κ2) is 9.23. The number of carbonyl (C=O) groups is 1. The molecule has 5 rings (SSSR count). The van der Waals surface area contributed by atoms with Gasteiger partial charge in [0, 0.05) is 13.2 Å². The van der Waals surface area contributed by atoms with Crippen LogP contribution in [0.15, 0.2) is 10.6 Å². The highest BCUT2D eigenvalue weighted by atomic mass is 32.2. The molecule has 2 heterocycles. The highest BCUT2D eigenvalue weighted by Gasteiger charge is 2.43. The summed E-state index contributed by atoms with van der Waals surface area (Å²) in [6.07, 6.45) is 5.88. The Balaban J connectivity index is 1.48. The molecule has 0 saturated carbocycles. The fourth-order valence-electron chi connectivity index (χ4n) is 5.37. The smallest absolute Gasteiger partial charge is 0.436 e. The molecule has 2 aliphatic carbocycles. The van der Waals surface area contributed by atoms with Gasteiger partial charge in [0.25, 0.3) is 0 Å². The van der Waals surface area contributed by atoms with Gasteiger partial charge in [-0.2, -0.15) is 22.5 Å². The van der Waals surface area contributed by atoms with E-state index in [1.165, 1.54) is 6.92 Å². The van der Waals surface area contributed by atoms with Gasteiger partial charge in [0.15, 0.2) is 5.69 Å². The molecule has 2 N–H and O–H groups in total. The molecule has 0 spiro atoms. The van der Waals surface area contributed by atoms with E-state index in [1.54, 1.807) is 0 Å². The van der Waals surface area contributed by atoms with Crippen LogP contribution >= 0.6 is 0 Å². The number of nitrogens with one attached hydrogen (secondary N) is 2. The van der Waals surface area contributed by atoms with Crippen LogP contribution in [0.3, 0.4) is 0 Å². The van der Waals surface area contributed by atoms with Crippen molar-refractivity contribution < 1.29 is 26.9 Å². The van der Waals surface area contributed by atoms with Gasteiger partial charge >= 0.3 is 16.2 Å². The third-order valence-electron chi connectivity index (χ3n) is 7.12. The quantitative estimate of drug-likeness (QED) is 0.587. The number of benzene rings is 1. The summed E-state index contributed by atoms with van der Waals surface area (Å²) >= 11 is 0. The van der Waals surface area contributed by atoms with Crippen molar-refractivity contribution in [3.63, 3.8) is 0 Å². The van der Waals surface area contributed by atoms with Crippen LogP contribution < -0.4 is 14.1 Å². The number of hydroxylamine groups is 1. The molecule has 1 saturated heterocycles. The minimum absolute atomic E-state index is 0.0837. The molecule has 12 heteroatoms. The molecule has 2 aromatic rings. The first-order valence-corrected chi connectivity index (χ1v) is 13.3. The van der Waals surface area contributed by atoms with E-state index in [0.29, 0.717) is 18.5 Å². The van der Waals surface area contributed by atoms with E-state index in [-0.39, 0.29) is 30.4 Å². The van der Waals surface area contributed by atoms with Gasteiger partial charge < -0.3 is 14.5 Å². The number of nitriles is 1. The average Bonchev–Trinajstić information content (AvgIpc) is 3.59. The van der Waals surface area contributed by atoms with Crippen molar-refractivity contribution in [2.24, 2.45) is 0 Å². The van der Waals surface area contributed by atoms with Crippen LogP contribution in [0.2, 0.25) is 0 Å². The molecule has 1 aromatic heterocycles. The Morgan fingerprint density at radius 2 is 1.83 bits per heavy atom. The summed E-state index contributed by atoms with van der Waals surface area (Å²) in [6, 6.07) is 2.16. The minimum Gasteiger partial charge on any atom is -0.608 e. The number of hydrogen-bond donors (Lipinski definition) is 2. The topological polar surface area (TPSA) is 153 Å². The lowest BCUT2D eigenvalue weighted by Crippen LogP contribution is -3.14. The number of fused-ring (bicyclic) bond motifs is 2. The minimum atomic E-state index is -4.83. The maximum Gasteiger partial charge on any atom is 0.436 e. The lowest BCUT2D eigenvalue weighted by Gasteiger charge is -2.34. The molecular weight excluding hydrogens is 474 g/mol. The molecule has 0 radical (unpaired) electrons. The fraction of sp³-hybridized carbons (Fsp3) is 0.522. The van der Waals surface area contributed by atoms with Gasteiger partial charge in [0.05, 0.1) is 17.3 Å². The summed E-state index contributed by atoms with van der Waals surface area (Å²) in [4.78, 5) is 13.1. The van der Waals surface area contributed by atoms with Crippen LogP contribution in [0.1, 0.15) is 59.2 Å². The number of aryl methyl sites for hydroxylation is 2. The van der Waals surface area contributed by atoms with Crippen molar-refractivity contribution in [1.29, 1.82) is 5.26 Å². The number of urea groups is 1. The number of ether oxygens (including phenoxy) is 1. The van der Waals surface area contributed by atoms with Crippen LogP contribution in [-0.4, -0.2) is 38.9 Å². The molecule has 2 amide bonds. The van der Waals surface area contributed by atoms with E-state index in [1.807, 2.05) is 6.07 Å². The van der Waals surface area contributed by atoms with Crippen molar-refractivity contribution in [1.82, 2.24) is 5.16 Å². The summed E-state index contributed by atoms with van der Waals surface area (Å²) in [5, 5.41) is 28.8. The van der Waals surface area contributed by atoms with Crippen molar-refractivity contribution >= 4 is 27.8 Å². The SMILES string of the molecule is Cc1c(C#N)noc1N(C1CCOCC1)S(=O)(=O)[NH+]([O-])C(=O)Nc1c2c(cc3c1CCC3)CCC2. The highest BCUT2D eigenvalue weighted by Crippen LogP contribution is 2.38. The molecule has 3 aliphatic rings. The number of quaternary nitrogens is 1. The van der Waals surface area contributed by atoms with Gasteiger partial charge in [0.2, 0.25) is 5.88 Å². The lowest BCUT2D eigenvalue weighted by atomic mass is 9.99. The number of aromatic nitrogens is 1. The lowest BCUT2D eigenvalue weighted by molar-refractivity contribution is -0.604. The zero-order chi connectivity index (χ0) is 24.7. The van der Waals surface area contributed by atoms with E-state index in [9.17, 15) is 23.7 Å². The molecule has 0 bridgehead atoms. The molecule has 1 aliphatic heterocycles. The number of hydrogen-bond acceptors (Lipinski definition) is 8. The van der Waals surface area contributed by atoms with Gasteiger partial charge in [-0.1, -0.05) is 11.2 Å². The van der Waals surface area contributed by atoms with Crippen molar-refractivity contribution in [3.8, 4) is 6.07 Å². The third-order valence-corrected chi connectivity index (χ3v) is 8.75. The molecule has 1 unspecified atom stereocenters. The van der Waals surface area contributed by atoms with Gasteiger partial charge in [-0.15, -0.1) is 0 Å². The molecular formula is C23H27N5O6S. The number of anilines is 2. The first-order valence-electron chi connectivity index (χ1n) is 11.8. The van der Waals surface area contributed by atoms with Crippen LogP contribution in [0.25, 0.3) is 0 Å².